The zero-order valence-electron chi connectivity index (χ0n) is 23.8. The van der Waals surface area contributed by atoms with Crippen LogP contribution in [-0.4, -0.2) is 24.8 Å². The standard InChI is InChI=1S/C34H36N2O4/c1-6-30(38)36-28-10-8-7-9-26(28)35-27-19-24(21-15-17-25(18-16-21)34(2,3)4)20-29(37)31(27)32(36)22-11-13-23(14-12-22)33(39)40-5/h7-18,24,32,35H,6,19-20H2,1-5H3/t24-,32-/m1/s1. The Morgan fingerprint density at radius 2 is 1.57 bits per heavy atom. The minimum absolute atomic E-state index is 0.0161. The van der Waals surface area contributed by atoms with Gasteiger partial charge in [-0.1, -0.05) is 76.2 Å². The molecule has 0 saturated carbocycles. The molecule has 1 heterocycles. The fraction of sp³-hybridized carbons (Fsp3) is 0.324. The minimum atomic E-state index is -0.623. The summed E-state index contributed by atoms with van der Waals surface area (Å²) >= 11 is 0. The van der Waals surface area contributed by atoms with Crippen molar-refractivity contribution in [2.75, 3.05) is 17.3 Å². The number of ether oxygens (including phenoxy) is 1. The van der Waals surface area contributed by atoms with E-state index in [0.717, 1.165) is 28.2 Å². The van der Waals surface area contributed by atoms with E-state index < -0.39 is 12.0 Å². The van der Waals surface area contributed by atoms with Crippen molar-refractivity contribution in [2.45, 2.75) is 64.3 Å². The summed E-state index contributed by atoms with van der Waals surface area (Å²) in [5.74, 6) is -0.481. The second-order valence-corrected chi connectivity index (χ2v) is 11.6. The van der Waals surface area contributed by atoms with Crippen LogP contribution in [0.3, 0.4) is 0 Å². The van der Waals surface area contributed by atoms with Crippen LogP contribution in [0.4, 0.5) is 11.4 Å². The van der Waals surface area contributed by atoms with Crippen molar-refractivity contribution in [3.63, 3.8) is 0 Å². The monoisotopic (exact) mass is 536 g/mol. The first-order valence-electron chi connectivity index (χ1n) is 13.9. The summed E-state index contributed by atoms with van der Waals surface area (Å²) in [7, 11) is 1.34. The molecule has 3 aromatic rings. The summed E-state index contributed by atoms with van der Waals surface area (Å²) < 4.78 is 4.87. The highest BCUT2D eigenvalue weighted by Gasteiger charge is 2.41. The van der Waals surface area contributed by atoms with Gasteiger partial charge in [0, 0.05) is 24.1 Å². The summed E-state index contributed by atoms with van der Waals surface area (Å²) in [6.07, 6.45) is 1.29. The molecule has 2 aliphatic rings. The molecule has 0 fully saturated rings. The highest BCUT2D eigenvalue weighted by molar-refractivity contribution is 6.06. The van der Waals surface area contributed by atoms with Gasteiger partial charge >= 0.3 is 5.97 Å². The maximum atomic E-state index is 14.1. The summed E-state index contributed by atoms with van der Waals surface area (Å²) in [5.41, 5.74) is 6.57. The topological polar surface area (TPSA) is 75.7 Å². The number of hydrogen-bond acceptors (Lipinski definition) is 5. The number of carbonyl (C=O) groups is 3. The van der Waals surface area contributed by atoms with Gasteiger partial charge in [0.05, 0.1) is 30.1 Å². The van der Waals surface area contributed by atoms with Crippen LogP contribution in [0.2, 0.25) is 0 Å². The average molecular weight is 537 g/mol. The van der Waals surface area contributed by atoms with Crippen molar-refractivity contribution in [3.05, 3.63) is 106 Å². The number of hydrogen-bond donors (Lipinski definition) is 1. The van der Waals surface area contributed by atoms with E-state index in [-0.39, 0.29) is 29.4 Å². The minimum Gasteiger partial charge on any atom is -0.465 e. The number of amides is 1. The Morgan fingerprint density at radius 3 is 2.20 bits per heavy atom. The fourth-order valence-electron chi connectivity index (χ4n) is 5.76. The SMILES string of the molecule is CCC(=O)N1c2ccccc2NC2=C(C(=O)C[C@H](c3ccc(C(C)(C)C)cc3)C2)[C@H]1c1ccc(C(=O)OC)cc1. The van der Waals surface area contributed by atoms with E-state index in [1.807, 2.05) is 43.3 Å². The van der Waals surface area contributed by atoms with E-state index in [2.05, 4.69) is 50.4 Å². The molecule has 0 bridgehead atoms. The number of nitrogens with zero attached hydrogens (tertiary/aromatic N) is 1. The van der Waals surface area contributed by atoms with Gasteiger partial charge in [0.25, 0.3) is 0 Å². The quantitative estimate of drug-likeness (QED) is 0.361. The Hall–Kier alpha value is -4.19. The molecule has 0 saturated heterocycles. The highest BCUT2D eigenvalue weighted by Crippen LogP contribution is 2.47. The number of esters is 1. The van der Waals surface area contributed by atoms with E-state index in [0.29, 0.717) is 24.0 Å². The third kappa shape index (κ3) is 5.06. The number of nitrogens with one attached hydrogen (secondary N) is 1. The molecular formula is C34H36N2O4. The third-order valence-corrected chi connectivity index (χ3v) is 7.96. The molecule has 1 aliphatic carbocycles. The molecule has 2 atom stereocenters. The van der Waals surface area contributed by atoms with Crippen LogP contribution in [0, 0.1) is 0 Å². The molecule has 206 valence electrons. The first-order chi connectivity index (χ1) is 19.1. The predicted octanol–water partition coefficient (Wildman–Crippen LogP) is 7.08. The maximum absolute atomic E-state index is 14.1. The van der Waals surface area contributed by atoms with Crippen LogP contribution in [0.5, 0.6) is 0 Å². The van der Waals surface area contributed by atoms with Gasteiger partial charge in [-0.3, -0.25) is 14.5 Å². The maximum Gasteiger partial charge on any atom is 0.337 e. The Bertz CT molecular complexity index is 1480. The number of anilines is 2. The van der Waals surface area contributed by atoms with Crippen LogP contribution in [0.25, 0.3) is 0 Å². The highest BCUT2D eigenvalue weighted by atomic mass is 16.5. The number of benzene rings is 3. The van der Waals surface area contributed by atoms with Crippen molar-refractivity contribution in [1.29, 1.82) is 0 Å². The Balaban J connectivity index is 1.63. The molecule has 0 spiro atoms. The van der Waals surface area contributed by atoms with Gasteiger partial charge in [0.2, 0.25) is 5.91 Å². The molecule has 40 heavy (non-hydrogen) atoms. The van der Waals surface area contributed by atoms with Crippen molar-refractivity contribution >= 4 is 29.0 Å². The van der Waals surface area contributed by atoms with Crippen LogP contribution < -0.4 is 10.2 Å². The number of ketones is 1. The third-order valence-electron chi connectivity index (χ3n) is 7.96. The lowest BCUT2D eigenvalue weighted by molar-refractivity contribution is -0.119. The van der Waals surface area contributed by atoms with Gasteiger partial charge in [-0.2, -0.15) is 0 Å². The Labute approximate surface area is 236 Å². The molecule has 3 aromatic carbocycles. The zero-order chi connectivity index (χ0) is 28.6. The summed E-state index contributed by atoms with van der Waals surface area (Å²) in [6.45, 7) is 8.40. The number of fused-ring (bicyclic) bond motifs is 1. The number of allylic oxidation sites excluding steroid dienone is 1. The lowest BCUT2D eigenvalue weighted by atomic mass is 9.77. The van der Waals surface area contributed by atoms with Gasteiger partial charge in [0.15, 0.2) is 5.78 Å². The molecule has 0 unspecified atom stereocenters. The number of rotatable bonds is 4. The average Bonchev–Trinajstić information content (AvgIpc) is 3.10. The summed E-state index contributed by atoms with van der Waals surface area (Å²) in [4.78, 5) is 41.5. The second-order valence-electron chi connectivity index (χ2n) is 11.6. The lowest BCUT2D eigenvalue weighted by Gasteiger charge is -2.35. The molecule has 1 N–H and O–H groups in total. The number of Topliss-reactive ketones (excluding diaryl/α,β-unsaturated/α-hetero) is 1. The first kappa shape index (κ1) is 27.4. The summed E-state index contributed by atoms with van der Waals surface area (Å²) in [6, 6.07) is 22.7. The molecule has 6 heteroatoms. The van der Waals surface area contributed by atoms with Gasteiger partial charge in [-0.25, -0.2) is 4.79 Å². The normalized spacial score (nSPS) is 18.8. The van der Waals surface area contributed by atoms with Gasteiger partial charge in [-0.15, -0.1) is 0 Å². The second kappa shape index (κ2) is 10.8. The van der Waals surface area contributed by atoms with Crippen LogP contribution in [-0.2, 0) is 19.7 Å². The van der Waals surface area contributed by atoms with Crippen molar-refractivity contribution < 1.29 is 19.1 Å². The zero-order valence-corrected chi connectivity index (χ0v) is 23.8. The first-order valence-corrected chi connectivity index (χ1v) is 13.9. The Morgan fingerprint density at radius 1 is 0.925 bits per heavy atom. The van der Waals surface area contributed by atoms with Crippen molar-refractivity contribution in [3.8, 4) is 0 Å². The van der Waals surface area contributed by atoms with Crippen molar-refractivity contribution in [2.24, 2.45) is 0 Å². The number of para-hydroxylation sites is 2. The predicted molar refractivity (Wildman–Crippen MR) is 158 cm³/mol. The molecule has 1 aliphatic heterocycles. The molecule has 0 aromatic heterocycles. The van der Waals surface area contributed by atoms with Crippen LogP contribution >= 0.6 is 0 Å². The molecular weight excluding hydrogens is 500 g/mol. The lowest BCUT2D eigenvalue weighted by Crippen LogP contribution is -2.38. The Kier molecular flexibility index (Phi) is 7.37. The number of methoxy groups -OCH3 is 1. The van der Waals surface area contributed by atoms with Gasteiger partial charge in [0.1, 0.15) is 0 Å². The summed E-state index contributed by atoms with van der Waals surface area (Å²) in [5, 5.41) is 3.57. The number of carbonyl (C=O) groups excluding carboxylic acids is 3. The van der Waals surface area contributed by atoms with E-state index in [4.69, 9.17) is 4.74 Å². The van der Waals surface area contributed by atoms with Gasteiger partial charge < -0.3 is 10.1 Å². The van der Waals surface area contributed by atoms with Crippen LogP contribution in [0.15, 0.2) is 84.1 Å². The van der Waals surface area contributed by atoms with Crippen molar-refractivity contribution in [1.82, 2.24) is 0 Å². The molecule has 5 rings (SSSR count). The van der Waals surface area contributed by atoms with E-state index >= 15 is 0 Å². The fourth-order valence-corrected chi connectivity index (χ4v) is 5.76. The van der Waals surface area contributed by atoms with E-state index in [1.54, 1.807) is 17.0 Å². The van der Waals surface area contributed by atoms with Crippen LogP contribution in [0.1, 0.15) is 86.0 Å². The smallest absolute Gasteiger partial charge is 0.337 e. The molecule has 1 amide bonds. The van der Waals surface area contributed by atoms with Gasteiger partial charge in [-0.05, 0) is 58.7 Å². The van der Waals surface area contributed by atoms with E-state index in [9.17, 15) is 14.4 Å². The molecule has 0 radical (unpaired) electrons. The molecule has 6 nitrogen and oxygen atoms in total. The van der Waals surface area contributed by atoms with E-state index in [1.165, 1.54) is 12.7 Å². The largest absolute Gasteiger partial charge is 0.465 e.